The third-order valence-electron chi connectivity index (χ3n) is 4.37. The molecule has 0 fully saturated rings. The molecule has 0 saturated heterocycles. The maximum atomic E-state index is 13.1. The number of para-hydroxylation sites is 1. The molecular weight excluding hydrogens is 367 g/mol. The number of nitrogens with one attached hydrogen (secondary N) is 1. The van der Waals surface area contributed by atoms with E-state index >= 15 is 0 Å². The van der Waals surface area contributed by atoms with Crippen molar-refractivity contribution in [1.29, 1.82) is 0 Å². The van der Waals surface area contributed by atoms with Gasteiger partial charge in [-0.05, 0) is 49.6 Å². The Balaban J connectivity index is 1.61. The highest BCUT2D eigenvalue weighted by atomic mass is 32.1. The molecule has 7 heteroatoms. The lowest BCUT2D eigenvalue weighted by molar-refractivity contribution is -0.147. The summed E-state index contributed by atoms with van der Waals surface area (Å²) in [5.74, 6) is -2.03. The van der Waals surface area contributed by atoms with E-state index in [1.807, 2.05) is 24.3 Å². The first-order valence-corrected chi connectivity index (χ1v) is 9.35. The molecule has 0 radical (unpaired) electrons. The molecule has 1 heterocycles. The van der Waals surface area contributed by atoms with Gasteiger partial charge in [0.25, 0.3) is 0 Å². The van der Waals surface area contributed by atoms with Crippen LogP contribution in [0.2, 0.25) is 0 Å². The van der Waals surface area contributed by atoms with Crippen molar-refractivity contribution in [3.8, 4) is 0 Å². The molecule has 0 aliphatic heterocycles. The summed E-state index contributed by atoms with van der Waals surface area (Å²) in [5.41, 5.74) is -0.353. The Morgan fingerprint density at radius 2 is 1.89 bits per heavy atom. The lowest BCUT2D eigenvalue weighted by Gasteiger charge is -2.26. The highest BCUT2D eigenvalue weighted by Crippen LogP contribution is 2.24. The van der Waals surface area contributed by atoms with Crippen LogP contribution in [0.4, 0.5) is 4.39 Å². The van der Waals surface area contributed by atoms with Crippen molar-refractivity contribution in [2.24, 2.45) is 0 Å². The summed E-state index contributed by atoms with van der Waals surface area (Å²) >= 11 is 1.59. The summed E-state index contributed by atoms with van der Waals surface area (Å²) < 4.78 is 14.2. The number of rotatable bonds is 7. The SMILES string of the molecule is CC(NC(=O)CCCc1nc2ccccc2s1)(C(=O)O)c1ccc(F)cc1. The Hall–Kier alpha value is -2.80. The smallest absolute Gasteiger partial charge is 0.333 e. The molecule has 0 aliphatic carbocycles. The number of aliphatic carboxylic acids is 1. The monoisotopic (exact) mass is 386 g/mol. The first kappa shape index (κ1) is 19.0. The summed E-state index contributed by atoms with van der Waals surface area (Å²) in [7, 11) is 0. The molecule has 3 aromatic rings. The van der Waals surface area contributed by atoms with Gasteiger partial charge in [-0.2, -0.15) is 0 Å². The van der Waals surface area contributed by atoms with Gasteiger partial charge in [-0.25, -0.2) is 14.2 Å². The van der Waals surface area contributed by atoms with Crippen LogP contribution in [0, 0.1) is 5.82 Å². The molecule has 27 heavy (non-hydrogen) atoms. The number of halogens is 1. The van der Waals surface area contributed by atoms with Gasteiger partial charge in [-0.15, -0.1) is 11.3 Å². The van der Waals surface area contributed by atoms with Crippen molar-refractivity contribution in [2.45, 2.75) is 31.7 Å². The van der Waals surface area contributed by atoms with Gasteiger partial charge in [-0.3, -0.25) is 4.79 Å². The lowest BCUT2D eigenvalue weighted by Crippen LogP contribution is -2.49. The van der Waals surface area contributed by atoms with E-state index in [2.05, 4.69) is 10.3 Å². The van der Waals surface area contributed by atoms with Crippen molar-refractivity contribution in [3.63, 3.8) is 0 Å². The zero-order valence-electron chi connectivity index (χ0n) is 14.7. The predicted octanol–water partition coefficient (Wildman–Crippen LogP) is 3.87. The van der Waals surface area contributed by atoms with E-state index in [0.717, 1.165) is 15.2 Å². The second-order valence-electron chi connectivity index (χ2n) is 6.41. The van der Waals surface area contributed by atoms with E-state index in [4.69, 9.17) is 0 Å². The van der Waals surface area contributed by atoms with E-state index in [-0.39, 0.29) is 12.3 Å². The average Bonchev–Trinajstić information content (AvgIpc) is 3.04. The van der Waals surface area contributed by atoms with Crippen molar-refractivity contribution in [3.05, 3.63) is 64.9 Å². The molecule has 3 rings (SSSR count). The third-order valence-corrected chi connectivity index (χ3v) is 5.47. The summed E-state index contributed by atoms with van der Waals surface area (Å²) in [6, 6.07) is 12.9. The first-order valence-electron chi connectivity index (χ1n) is 8.53. The van der Waals surface area contributed by atoms with Gasteiger partial charge in [0.15, 0.2) is 5.54 Å². The van der Waals surface area contributed by atoms with Crippen LogP contribution < -0.4 is 5.32 Å². The number of benzene rings is 2. The standard InChI is InChI=1S/C20H19FN2O3S/c1-20(19(25)26,13-9-11-14(21)12-10-13)23-17(24)7-4-8-18-22-15-5-2-3-6-16(15)27-18/h2-3,5-6,9-12H,4,7-8H2,1H3,(H,23,24)(H,25,26). The van der Waals surface area contributed by atoms with Crippen molar-refractivity contribution in [2.75, 3.05) is 0 Å². The van der Waals surface area contributed by atoms with E-state index in [0.29, 0.717) is 18.4 Å². The van der Waals surface area contributed by atoms with Gasteiger partial charge in [-0.1, -0.05) is 24.3 Å². The highest BCUT2D eigenvalue weighted by Gasteiger charge is 2.36. The Kier molecular flexibility index (Phi) is 5.51. The summed E-state index contributed by atoms with van der Waals surface area (Å²) in [6.07, 6.45) is 1.39. The highest BCUT2D eigenvalue weighted by molar-refractivity contribution is 7.18. The molecule has 2 aromatic carbocycles. The minimum Gasteiger partial charge on any atom is -0.479 e. The number of amides is 1. The predicted molar refractivity (Wildman–Crippen MR) is 102 cm³/mol. The zero-order valence-corrected chi connectivity index (χ0v) is 15.6. The van der Waals surface area contributed by atoms with Crippen LogP contribution in [0.3, 0.4) is 0 Å². The first-order chi connectivity index (χ1) is 12.9. The van der Waals surface area contributed by atoms with E-state index in [1.54, 1.807) is 11.3 Å². The average molecular weight is 386 g/mol. The molecule has 1 atom stereocenters. The Morgan fingerprint density at radius 1 is 1.19 bits per heavy atom. The van der Waals surface area contributed by atoms with Gasteiger partial charge < -0.3 is 10.4 Å². The quantitative estimate of drug-likeness (QED) is 0.646. The molecule has 0 spiro atoms. The molecule has 1 amide bonds. The van der Waals surface area contributed by atoms with Gasteiger partial charge in [0.1, 0.15) is 5.82 Å². The van der Waals surface area contributed by atoms with Crippen LogP contribution >= 0.6 is 11.3 Å². The van der Waals surface area contributed by atoms with Crippen molar-refractivity contribution < 1.29 is 19.1 Å². The van der Waals surface area contributed by atoms with Crippen LogP contribution in [0.15, 0.2) is 48.5 Å². The van der Waals surface area contributed by atoms with Gasteiger partial charge in [0.2, 0.25) is 5.91 Å². The van der Waals surface area contributed by atoms with Gasteiger partial charge >= 0.3 is 5.97 Å². The number of nitrogens with zero attached hydrogens (tertiary/aromatic N) is 1. The number of carbonyl (C=O) groups is 2. The Morgan fingerprint density at radius 3 is 2.56 bits per heavy atom. The number of hydrogen-bond donors (Lipinski definition) is 2. The number of fused-ring (bicyclic) bond motifs is 1. The van der Waals surface area contributed by atoms with Crippen LogP contribution in [0.1, 0.15) is 30.3 Å². The molecule has 1 unspecified atom stereocenters. The molecule has 0 saturated carbocycles. The van der Waals surface area contributed by atoms with Crippen LogP contribution in [0.5, 0.6) is 0 Å². The minimum absolute atomic E-state index is 0.181. The molecule has 1 aromatic heterocycles. The lowest BCUT2D eigenvalue weighted by atomic mass is 9.91. The van der Waals surface area contributed by atoms with E-state index in [9.17, 15) is 19.1 Å². The van der Waals surface area contributed by atoms with Crippen molar-refractivity contribution in [1.82, 2.24) is 10.3 Å². The molecule has 140 valence electrons. The van der Waals surface area contributed by atoms with Crippen LogP contribution in [0.25, 0.3) is 10.2 Å². The number of carboxylic acids is 1. The molecule has 5 nitrogen and oxygen atoms in total. The molecule has 0 aliphatic rings. The van der Waals surface area contributed by atoms with E-state index < -0.39 is 17.3 Å². The summed E-state index contributed by atoms with van der Waals surface area (Å²) in [4.78, 5) is 28.5. The summed E-state index contributed by atoms with van der Waals surface area (Å²) in [6.45, 7) is 1.40. The molecule has 0 bridgehead atoms. The maximum Gasteiger partial charge on any atom is 0.333 e. The number of hydrogen-bond acceptors (Lipinski definition) is 4. The molecule has 2 N–H and O–H groups in total. The normalized spacial score (nSPS) is 13.3. The van der Waals surface area contributed by atoms with Crippen molar-refractivity contribution >= 4 is 33.4 Å². The fourth-order valence-corrected chi connectivity index (χ4v) is 3.81. The third kappa shape index (κ3) is 4.31. The molecular formula is C20H19FN2O3S. The summed E-state index contributed by atoms with van der Waals surface area (Å²) in [5, 5.41) is 13.1. The number of thiazole rings is 1. The van der Waals surface area contributed by atoms with Gasteiger partial charge in [0, 0.05) is 6.42 Å². The fourth-order valence-electron chi connectivity index (χ4n) is 2.80. The van der Waals surface area contributed by atoms with Crippen LogP contribution in [-0.4, -0.2) is 22.0 Å². The number of carbonyl (C=O) groups excluding carboxylic acids is 1. The number of aromatic nitrogens is 1. The Labute approximate surface area is 159 Å². The largest absolute Gasteiger partial charge is 0.479 e. The van der Waals surface area contributed by atoms with Gasteiger partial charge in [0.05, 0.1) is 15.2 Å². The minimum atomic E-state index is -1.61. The second kappa shape index (κ2) is 7.84. The number of carboxylic acid groups (broad SMARTS) is 1. The maximum absolute atomic E-state index is 13.1. The zero-order chi connectivity index (χ0) is 19.4. The second-order valence-corrected chi connectivity index (χ2v) is 7.53. The van der Waals surface area contributed by atoms with Crippen LogP contribution in [-0.2, 0) is 21.5 Å². The van der Waals surface area contributed by atoms with E-state index in [1.165, 1.54) is 31.2 Å². The topological polar surface area (TPSA) is 79.3 Å². The fraction of sp³-hybridized carbons (Fsp3) is 0.250. The number of aryl methyl sites for hydroxylation is 1. The Bertz CT molecular complexity index is 938.